The van der Waals surface area contributed by atoms with Crippen LogP contribution in [0.3, 0.4) is 0 Å². The van der Waals surface area contributed by atoms with Gasteiger partial charge >= 0.3 is 0 Å². The van der Waals surface area contributed by atoms with Gasteiger partial charge in [0.25, 0.3) is 0 Å². The zero-order valence-corrected chi connectivity index (χ0v) is 12.1. The Labute approximate surface area is 120 Å². The number of nitrogens with two attached hydrogens (primary N) is 1. The minimum Gasteiger partial charge on any atom is -0.492 e. The average molecular weight is 323 g/mol. The summed E-state index contributed by atoms with van der Waals surface area (Å²) in [6.45, 7) is 2.53. The number of hydrogen-bond acceptors (Lipinski definition) is 5. The molecule has 0 saturated heterocycles. The standard InChI is InChI=1S/C13H15BrN4O/c1-2-19-11-5-9(6-16-8-11)13(18-15)12-4-3-10(14)7-17-12/h3-8,13,18H,2,15H2,1H3. The average Bonchev–Trinajstić information content (AvgIpc) is 2.43. The van der Waals surface area contributed by atoms with Crippen molar-refractivity contribution >= 4 is 15.9 Å². The quantitative estimate of drug-likeness (QED) is 0.652. The van der Waals surface area contributed by atoms with Crippen molar-refractivity contribution in [1.29, 1.82) is 0 Å². The van der Waals surface area contributed by atoms with Crippen LogP contribution in [0.15, 0.2) is 41.3 Å². The summed E-state index contributed by atoms with van der Waals surface area (Å²) in [5.74, 6) is 6.35. The number of halogens is 1. The van der Waals surface area contributed by atoms with Crippen LogP contribution in [0.25, 0.3) is 0 Å². The lowest BCUT2D eigenvalue weighted by atomic mass is 10.1. The summed E-state index contributed by atoms with van der Waals surface area (Å²) < 4.78 is 6.36. The van der Waals surface area contributed by atoms with Crippen molar-refractivity contribution in [3.63, 3.8) is 0 Å². The van der Waals surface area contributed by atoms with E-state index in [9.17, 15) is 0 Å². The van der Waals surface area contributed by atoms with Crippen molar-refractivity contribution in [2.75, 3.05) is 6.61 Å². The Morgan fingerprint density at radius 3 is 2.84 bits per heavy atom. The first-order valence-corrected chi connectivity index (χ1v) is 6.69. The minimum absolute atomic E-state index is 0.221. The number of nitrogens with one attached hydrogen (secondary N) is 1. The van der Waals surface area contributed by atoms with E-state index < -0.39 is 0 Å². The van der Waals surface area contributed by atoms with Gasteiger partial charge in [-0.3, -0.25) is 15.8 Å². The highest BCUT2D eigenvalue weighted by molar-refractivity contribution is 9.10. The normalized spacial score (nSPS) is 12.2. The van der Waals surface area contributed by atoms with E-state index in [4.69, 9.17) is 10.6 Å². The Kier molecular flexibility index (Phi) is 4.84. The maximum atomic E-state index is 5.63. The van der Waals surface area contributed by atoms with E-state index >= 15 is 0 Å². The van der Waals surface area contributed by atoms with Crippen LogP contribution < -0.4 is 16.0 Å². The zero-order chi connectivity index (χ0) is 13.7. The number of aromatic nitrogens is 2. The minimum atomic E-state index is -0.221. The van der Waals surface area contributed by atoms with E-state index in [1.165, 1.54) is 0 Å². The molecule has 0 saturated carbocycles. The molecule has 100 valence electrons. The molecule has 0 aliphatic carbocycles. The molecular weight excluding hydrogens is 308 g/mol. The van der Waals surface area contributed by atoms with Crippen molar-refractivity contribution in [3.05, 3.63) is 52.5 Å². The fourth-order valence-corrected chi connectivity index (χ4v) is 1.98. The predicted octanol–water partition coefficient (Wildman–Crippen LogP) is 2.19. The van der Waals surface area contributed by atoms with E-state index in [0.717, 1.165) is 21.5 Å². The highest BCUT2D eigenvalue weighted by Gasteiger charge is 2.14. The molecule has 2 aromatic heterocycles. The first-order valence-electron chi connectivity index (χ1n) is 5.90. The molecule has 1 unspecified atom stereocenters. The van der Waals surface area contributed by atoms with E-state index in [0.29, 0.717) is 6.61 Å². The molecular formula is C13H15BrN4O. The summed E-state index contributed by atoms with van der Waals surface area (Å²) in [5.41, 5.74) is 4.48. The van der Waals surface area contributed by atoms with Crippen LogP contribution in [-0.4, -0.2) is 16.6 Å². The highest BCUT2D eigenvalue weighted by Crippen LogP contribution is 2.23. The second-order valence-electron chi connectivity index (χ2n) is 3.89. The number of hydrazine groups is 1. The van der Waals surface area contributed by atoms with E-state index in [1.54, 1.807) is 18.6 Å². The number of rotatable bonds is 5. The van der Waals surface area contributed by atoms with Gasteiger partial charge in [0.2, 0.25) is 0 Å². The second kappa shape index (κ2) is 6.60. The third-order valence-electron chi connectivity index (χ3n) is 2.59. The van der Waals surface area contributed by atoms with Gasteiger partial charge in [-0.2, -0.15) is 0 Å². The lowest BCUT2D eigenvalue weighted by molar-refractivity contribution is 0.338. The first kappa shape index (κ1) is 13.9. The zero-order valence-electron chi connectivity index (χ0n) is 10.5. The Balaban J connectivity index is 2.30. The van der Waals surface area contributed by atoms with Crippen LogP contribution >= 0.6 is 15.9 Å². The number of pyridine rings is 2. The number of hydrogen-bond donors (Lipinski definition) is 2. The third-order valence-corrected chi connectivity index (χ3v) is 3.06. The van der Waals surface area contributed by atoms with Crippen LogP contribution in [0.2, 0.25) is 0 Å². The largest absolute Gasteiger partial charge is 0.492 e. The molecule has 0 bridgehead atoms. The highest BCUT2D eigenvalue weighted by atomic mass is 79.9. The Hall–Kier alpha value is -1.50. The van der Waals surface area contributed by atoms with E-state index in [2.05, 4.69) is 31.3 Å². The lowest BCUT2D eigenvalue weighted by Crippen LogP contribution is -2.29. The van der Waals surface area contributed by atoms with Gasteiger partial charge in [0.05, 0.1) is 24.5 Å². The Morgan fingerprint density at radius 2 is 2.21 bits per heavy atom. The molecule has 2 aromatic rings. The molecule has 0 amide bonds. The molecule has 0 spiro atoms. The fourth-order valence-electron chi connectivity index (χ4n) is 1.75. The molecule has 0 aromatic carbocycles. The molecule has 1 atom stereocenters. The van der Waals surface area contributed by atoms with Crippen LogP contribution in [0.4, 0.5) is 0 Å². The lowest BCUT2D eigenvalue weighted by Gasteiger charge is -2.16. The molecule has 0 aliphatic rings. The van der Waals surface area contributed by atoms with Crippen molar-refractivity contribution in [2.24, 2.45) is 5.84 Å². The maximum Gasteiger partial charge on any atom is 0.137 e. The molecule has 0 aliphatic heterocycles. The van der Waals surface area contributed by atoms with Crippen molar-refractivity contribution in [2.45, 2.75) is 13.0 Å². The first-order chi connectivity index (χ1) is 9.24. The van der Waals surface area contributed by atoms with Gasteiger partial charge in [0.15, 0.2) is 0 Å². The molecule has 19 heavy (non-hydrogen) atoms. The van der Waals surface area contributed by atoms with E-state index in [1.807, 2.05) is 25.1 Å². The molecule has 2 rings (SSSR count). The summed E-state index contributed by atoms with van der Waals surface area (Å²) in [7, 11) is 0. The summed E-state index contributed by atoms with van der Waals surface area (Å²) in [5, 5.41) is 0. The smallest absolute Gasteiger partial charge is 0.137 e. The third kappa shape index (κ3) is 3.50. The van der Waals surface area contributed by atoms with Gasteiger partial charge in [0.1, 0.15) is 5.75 Å². The van der Waals surface area contributed by atoms with Gasteiger partial charge in [-0.25, -0.2) is 5.43 Å². The molecule has 0 fully saturated rings. The van der Waals surface area contributed by atoms with Crippen LogP contribution in [-0.2, 0) is 0 Å². The van der Waals surface area contributed by atoms with Crippen molar-refractivity contribution in [3.8, 4) is 5.75 Å². The SMILES string of the molecule is CCOc1cncc(C(NN)c2ccc(Br)cn2)c1. The van der Waals surface area contributed by atoms with Gasteiger partial charge in [0, 0.05) is 16.9 Å². The summed E-state index contributed by atoms with van der Waals surface area (Å²) in [6, 6.07) is 5.51. The predicted molar refractivity (Wildman–Crippen MR) is 76.5 cm³/mol. The Bertz CT molecular complexity index is 532. The fraction of sp³-hybridized carbons (Fsp3) is 0.231. The summed E-state index contributed by atoms with van der Waals surface area (Å²) >= 11 is 3.36. The molecule has 6 heteroatoms. The Morgan fingerprint density at radius 1 is 1.37 bits per heavy atom. The van der Waals surface area contributed by atoms with Gasteiger partial charge in [-0.1, -0.05) is 0 Å². The second-order valence-corrected chi connectivity index (χ2v) is 4.80. The molecule has 5 nitrogen and oxygen atoms in total. The number of ether oxygens (including phenoxy) is 1. The van der Waals surface area contributed by atoms with Crippen molar-refractivity contribution in [1.82, 2.24) is 15.4 Å². The summed E-state index contributed by atoms with van der Waals surface area (Å²) in [4.78, 5) is 8.50. The van der Waals surface area contributed by atoms with Crippen molar-refractivity contribution < 1.29 is 4.74 Å². The molecule has 3 N–H and O–H groups in total. The van der Waals surface area contributed by atoms with Crippen LogP contribution in [0.1, 0.15) is 24.2 Å². The van der Waals surface area contributed by atoms with Crippen LogP contribution in [0.5, 0.6) is 5.75 Å². The van der Waals surface area contributed by atoms with E-state index in [-0.39, 0.29) is 6.04 Å². The number of nitrogens with zero attached hydrogens (tertiary/aromatic N) is 2. The topological polar surface area (TPSA) is 73.1 Å². The molecule has 2 heterocycles. The van der Waals surface area contributed by atoms with Gasteiger partial charge in [-0.05, 0) is 46.6 Å². The van der Waals surface area contributed by atoms with Crippen LogP contribution in [0, 0.1) is 0 Å². The molecule has 0 radical (unpaired) electrons. The monoisotopic (exact) mass is 322 g/mol. The summed E-state index contributed by atoms with van der Waals surface area (Å²) in [6.07, 6.45) is 5.16. The van der Waals surface area contributed by atoms with Gasteiger partial charge in [-0.15, -0.1) is 0 Å². The van der Waals surface area contributed by atoms with Gasteiger partial charge < -0.3 is 4.74 Å². The maximum absolute atomic E-state index is 5.63.